The van der Waals surface area contributed by atoms with Gasteiger partial charge in [-0.05, 0) is 31.4 Å². The molecule has 0 unspecified atom stereocenters. The quantitative estimate of drug-likeness (QED) is 0.226. The van der Waals surface area contributed by atoms with Gasteiger partial charge in [-0.25, -0.2) is 13.6 Å². The number of rotatable bonds is 10. The van der Waals surface area contributed by atoms with E-state index in [4.69, 9.17) is 23.7 Å². The molecule has 0 bridgehead atoms. The van der Waals surface area contributed by atoms with Crippen LogP contribution in [-0.2, 0) is 31.9 Å². The lowest BCUT2D eigenvalue weighted by Crippen LogP contribution is -2.57. The third-order valence-corrected chi connectivity index (χ3v) is 7.71. The van der Waals surface area contributed by atoms with Crippen molar-refractivity contribution in [1.29, 1.82) is 0 Å². The monoisotopic (exact) mass is 605 g/mol. The van der Waals surface area contributed by atoms with E-state index in [9.17, 15) is 28.0 Å². The number of amides is 1. The Morgan fingerprint density at radius 3 is 2.65 bits per heavy atom. The fourth-order valence-corrected chi connectivity index (χ4v) is 5.34. The molecule has 0 saturated carbocycles. The van der Waals surface area contributed by atoms with Gasteiger partial charge in [0.1, 0.15) is 18.2 Å². The number of Topliss-reactive ketones (excluding diaryl/α,β-unsaturated/α-hetero) is 1. The van der Waals surface area contributed by atoms with Gasteiger partial charge < -0.3 is 33.2 Å². The minimum atomic E-state index is -1.03. The lowest BCUT2D eigenvalue weighted by atomic mass is 10.0. The molecule has 3 aliphatic rings. The van der Waals surface area contributed by atoms with Gasteiger partial charge in [-0.1, -0.05) is 6.07 Å². The number of carbonyl (C=O) groups excluding carboxylic acids is 3. The van der Waals surface area contributed by atoms with Crippen molar-refractivity contribution < 1.29 is 46.8 Å². The highest BCUT2D eigenvalue weighted by Crippen LogP contribution is 2.30. The fraction of sp³-hybridized carbons (Fsp3) is 0.517. The molecular formula is C29H33F2N3O9. The number of hydrogen-bond donors (Lipinski definition) is 0. The molecule has 5 rings (SSSR count). The molecule has 12 nitrogen and oxygen atoms in total. The van der Waals surface area contributed by atoms with Gasteiger partial charge >= 0.3 is 6.16 Å². The van der Waals surface area contributed by atoms with Crippen LogP contribution >= 0.6 is 0 Å². The van der Waals surface area contributed by atoms with Crippen LogP contribution in [0.4, 0.5) is 13.6 Å². The van der Waals surface area contributed by atoms with Gasteiger partial charge in [-0.15, -0.1) is 0 Å². The van der Waals surface area contributed by atoms with Crippen molar-refractivity contribution in [3.63, 3.8) is 0 Å². The van der Waals surface area contributed by atoms with Crippen molar-refractivity contribution in [1.82, 2.24) is 14.4 Å². The molecule has 1 amide bonds. The molecule has 0 spiro atoms. The van der Waals surface area contributed by atoms with E-state index in [0.717, 1.165) is 25.2 Å². The number of hydrogen-bond acceptors (Lipinski definition) is 10. The molecule has 1 aromatic carbocycles. The van der Waals surface area contributed by atoms with E-state index in [2.05, 4.69) is 4.90 Å². The Hall–Kier alpha value is -3.88. The van der Waals surface area contributed by atoms with Gasteiger partial charge in [0.2, 0.25) is 18.0 Å². The van der Waals surface area contributed by atoms with Crippen molar-refractivity contribution in [2.75, 3.05) is 52.9 Å². The number of aryl methyl sites for hydroxylation is 1. The maximum absolute atomic E-state index is 14.1. The molecule has 2 fully saturated rings. The molecule has 2 atom stereocenters. The first-order valence-corrected chi connectivity index (χ1v) is 14.1. The number of morpholine rings is 1. The van der Waals surface area contributed by atoms with Gasteiger partial charge in [0.25, 0.3) is 5.91 Å². The number of pyridine rings is 1. The first-order chi connectivity index (χ1) is 20.7. The summed E-state index contributed by atoms with van der Waals surface area (Å²) in [5.74, 6) is -3.17. The highest BCUT2D eigenvalue weighted by Gasteiger charge is 2.41. The van der Waals surface area contributed by atoms with Gasteiger partial charge in [0.05, 0.1) is 31.9 Å². The standard InChI is InChI=1S/C29H33F2N3O9/c1-18-6-10-40-24-16-33-15-21(23(35)5-3-19-2-4-20(30)14-22(19)31)26(36)27(25(33)28(37)34(18)24)42-17-43-29(38)41-13-9-32-7-11-39-12-8-32/h2,4,14-15,18,24H,3,5-13,16-17H2,1H3/t18-,24+/m1/s1. The lowest BCUT2D eigenvalue weighted by Gasteiger charge is -2.44. The van der Waals surface area contributed by atoms with Crippen LogP contribution in [0.1, 0.15) is 46.2 Å². The number of ether oxygens (including phenoxy) is 5. The molecule has 43 heavy (non-hydrogen) atoms. The van der Waals surface area contributed by atoms with Crippen LogP contribution in [0.15, 0.2) is 29.2 Å². The summed E-state index contributed by atoms with van der Waals surface area (Å²) in [7, 11) is 0. The highest BCUT2D eigenvalue weighted by molar-refractivity contribution is 6.00. The second-order valence-corrected chi connectivity index (χ2v) is 10.5. The number of ketones is 1. The Morgan fingerprint density at radius 1 is 1.09 bits per heavy atom. The summed E-state index contributed by atoms with van der Waals surface area (Å²) in [5, 5.41) is 0. The Labute approximate surface area is 246 Å². The van der Waals surface area contributed by atoms with Crippen molar-refractivity contribution in [3.05, 3.63) is 63.1 Å². The van der Waals surface area contributed by atoms with E-state index in [-0.39, 0.29) is 48.9 Å². The van der Waals surface area contributed by atoms with Gasteiger partial charge in [-0.3, -0.25) is 19.3 Å². The van der Waals surface area contributed by atoms with Crippen molar-refractivity contribution in [2.24, 2.45) is 0 Å². The molecule has 232 valence electrons. The normalized spacial score (nSPS) is 20.3. The molecular weight excluding hydrogens is 572 g/mol. The molecule has 1 aromatic heterocycles. The molecule has 4 heterocycles. The van der Waals surface area contributed by atoms with Crippen molar-refractivity contribution in [2.45, 2.75) is 45.0 Å². The average molecular weight is 606 g/mol. The van der Waals surface area contributed by atoms with Crippen LogP contribution in [0.3, 0.4) is 0 Å². The molecule has 2 aromatic rings. The predicted octanol–water partition coefficient (Wildman–Crippen LogP) is 2.35. The Morgan fingerprint density at radius 2 is 1.88 bits per heavy atom. The van der Waals surface area contributed by atoms with E-state index in [1.807, 2.05) is 6.92 Å². The molecule has 3 aliphatic heterocycles. The largest absolute Gasteiger partial charge is 0.511 e. The van der Waals surface area contributed by atoms with Crippen LogP contribution < -0.4 is 10.2 Å². The Bertz CT molecular complexity index is 1430. The van der Waals surface area contributed by atoms with Crippen LogP contribution in [0.2, 0.25) is 0 Å². The maximum Gasteiger partial charge on any atom is 0.511 e. The summed E-state index contributed by atoms with van der Waals surface area (Å²) < 4.78 is 55.5. The second-order valence-electron chi connectivity index (χ2n) is 10.5. The zero-order valence-electron chi connectivity index (χ0n) is 23.7. The third kappa shape index (κ3) is 7.03. The van der Waals surface area contributed by atoms with Crippen LogP contribution in [0, 0.1) is 11.6 Å². The summed E-state index contributed by atoms with van der Waals surface area (Å²) in [6.07, 6.45) is -0.129. The van der Waals surface area contributed by atoms with Crippen LogP contribution in [0.25, 0.3) is 0 Å². The summed E-state index contributed by atoms with van der Waals surface area (Å²) in [6, 6.07) is 2.86. The van der Waals surface area contributed by atoms with E-state index in [0.29, 0.717) is 32.8 Å². The molecule has 0 N–H and O–H groups in total. The summed E-state index contributed by atoms with van der Waals surface area (Å²) >= 11 is 0. The Balaban J connectivity index is 1.32. The second kappa shape index (κ2) is 13.6. The Kier molecular flexibility index (Phi) is 9.68. The summed E-state index contributed by atoms with van der Waals surface area (Å²) in [5.41, 5.74) is -1.17. The van der Waals surface area contributed by atoms with Gasteiger partial charge in [-0.2, -0.15) is 0 Å². The number of fused-ring (bicyclic) bond motifs is 2. The minimum Gasteiger partial charge on any atom is -0.451 e. The number of aromatic nitrogens is 1. The van der Waals surface area contributed by atoms with Crippen LogP contribution in [0.5, 0.6) is 5.75 Å². The van der Waals surface area contributed by atoms with E-state index in [1.54, 1.807) is 0 Å². The van der Waals surface area contributed by atoms with Crippen molar-refractivity contribution in [3.8, 4) is 5.75 Å². The highest BCUT2D eigenvalue weighted by atomic mass is 19.1. The molecule has 2 saturated heterocycles. The fourth-order valence-electron chi connectivity index (χ4n) is 5.34. The predicted molar refractivity (Wildman–Crippen MR) is 145 cm³/mol. The van der Waals surface area contributed by atoms with E-state index >= 15 is 0 Å². The van der Waals surface area contributed by atoms with Crippen molar-refractivity contribution >= 4 is 17.8 Å². The minimum absolute atomic E-state index is 0.0717. The lowest BCUT2D eigenvalue weighted by molar-refractivity contribution is -0.112. The first-order valence-electron chi connectivity index (χ1n) is 14.1. The van der Waals surface area contributed by atoms with Gasteiger partial charge in [0.15, 0.2) is 17.7 Å². The van der Waals surface area contributed by atoms with E-state index in [1.165, 1.54) is 21.7 Å². The maximum atomic E-state index is 14.1. The van der Waals surface area contributed by atoms with E-state index < -0.39 is 53.7 Å². The number of nitrogens with zero attached hydrogens (tertiary/aromatic N) is 3. The zero-order valence-corrected chi connectivity index (χ0v) is 23.7. The SMILES string of the molecule is C[C@@H]1CCO[C@H]2Cn3cc(C(=O)CCc4ccc(F)cc4F)c(=O)c(OCOC(=O)OCCN4CCOCC4)c3C(=O)N12. The third-order valence-electron chi connectivity index (χ3n) is 7.71. The first kappa shape index (κ1) is 30.6. The molecule has 0 aliphatic carbocycles. The summed E-state index contributed by atoms with van der Waals surface area (Å²) in [6.45, 7) is 4.89. The zero-order chi connectivity index (χ0) is 30.5. The molecule has 14 heteroatoms. The number of halogens is 2. The smallest absolute Gasteiger partial charge is 0.451 e. The molecule has 0 radical (unpaired) electrons. The average Bonchev–Trinajstić information content (AvgIpc) is 2.98. The summed E-state index contributed by atoms with van der Waals surface area (Å²) in [4.78, 5) is 56.0. The van der Waals surface area contributed by atoms with Gasteiger partial charge in [0, 0.05) is 44.4 Å². The van der Waals surface area contributed by atoms with Crippen LogP contribution in [-0.4, -0.2) is 97.3 Å². The number of benzene rings is 1. The topological polar surface area (TPSA) is 126 Å². The number of carbonyl (C=O) groups is 3.